The maximum atomic E-state index is 5.79. The van der Waals surface area contributed by atoms with E-state index >= 15 is 0 Å². The molecule has 0 radical (unpaired) electrons. The Bertz CT molecular complexity index is 735. The van der Waals surface area contributed by atoms with Gasteiger partial charge in [0, 0.05) is 52.4 Å². The third-order valence-corrected chi connectivity index (χ3v) is 5.26. The molecule has 3 heterocycles. The van der Waals surface area contributed by atoms with Crippen LogP contribution in [-0.4, -0.2) is 65.3 Å². The molecule has 2 aromatic heterocycles. The summed E-state index contributed by atoms with van der Waals surface area (Å²) in [4.78, 5) is 15.6. The number of nitrogens with zero attached hydrogens (tertiary/aromatic N) is 7. The van der Waals surface area contributed by atoms with E-state index in [0.717, 1.165) is 56.0 Å². The van der Waals surface area contributed by atoms with Gasteiger partial charge in [0.25, 0.3) is 0 Å². The van der Waals surface area contributed by atoms with E-state index in [1.54, 1.807) is 0 Å². The van der Waals surface area contributed by atoms with Crippen LogP contribution in [0.5, 0.6) is 0 Å². The van der Waals surface area contributed by atoms with Gasteiger partial charge in [-0.3, -0.25) is 4.90 Å². The molecular formula is C18H27N7O. The fourth-order valence-corrected chi connectivity index (χ4v) is 3.42. The first-order chi connectivity index (χ1) is 12.6. The summed E-state index contributed by atoms with van der Waals surface area (Å²) < 4.78 is 5.79. The molecule has 2 fully saturated rings. The minimum Gasteiger partial charge on any atom is -0.424 e. The van der Waals surface area contributed by atoms with Gasteiger partial charge in [0.05, 0.1) is 6.54 Å². The van der Waals surface area contributed by atoms with Crippen molar-refractivity contribution in [1.82, 2.24) is 25.1 Å². The molecule has 1 aliphatic carbocycles. The molecule has 1 saturated carbocycles. The summed E-state index contributed by atoms with van der Waals surface area (Å²) in [6.45, 7) is 2.82. The topological polar surface area (TPSA) is 74.4 Å². The Labute approximate surface area is 154 Å². The van der Waals surface area contributed by atoms with Crippen LogP contribution in [0.25, 0.3) is 0 Å². The average Bonchev–Trinajstić information content (AvgIpc) is 3.41. The molecule has 0 N–H and O–H groups in total. The number of piperidine rings is 1. The smallest absolute Gasteiger partial charge is 0.230 e. The second-order valence-electron chi connectivity index (χ2n) is 7.54. The summed E-state index contributed by atoms with van der Waals surface area (Å²) in [6, 6.07) is 2.47. The van der Waals surface area contributed by atoms with Crippen LogP contribution in [0.15, 0.2) is 16.7 Å². The first-order valence-electron chi connectivity index (χ1n) is 9.38. The molecule has 26 heavy (non-hydrogen) atoms. The van der Waals surface area contributed by atoms with Gasteiger partial charge in [0.1, 0.15) is 5.82 Å². The van der Waals surface area contributed by atoms with Crippen molar-refractivity contribution in [2.75, 3.05) is 44.0 Å². The Balaban J connectivity index is 1.31. The molecule has 0 aromatic carbocycles. The Kier molecular flexibility index (Phi) is 4.76. The zero-order chi connectivity index (χ0) is 18.1. The lowest BCUT2D eigenvalue weighted by Gasteiger charge is -2.36. The van der Waals surface area contributed by atoms with Gasteiger partial charge >= 0.3 is 0 Å². The zero-order valence-electron chi connectivity index (χ0n) is 15.8. The van der Waals surface area contributed by atoms with Gasteiger partial charge < -0.3 is 14.2 Å². The monoisotopic (exact) mass is 357 g/mol. The van der Waals surface area contributed by atoms with Gasteiger partial charge in [-0.1, -0.05) is 0 Å². The lowest BCUT2D eigenvalue weighted by atomic mass is 10.0. The van der Waals surface area contributed by atoms with E-state index in [0.29, 0.717) is 12.0 Å². The van der Waals surface area contributed by atoms with Crippen LogP contribution >= 0.6 is 0 Å². The SMILES string of the molecule is CN(C)c1nccc(N(C)C2CCN(Cc3nnc(C4CC4)o3)CC2)n1. The second-order valence-corrected chi connectivity index (χ2v) is 7.54. The Morgan fingerprint density at radius 1 is 1.12 bits per heavy atom. The first-order valence-corrected chi connectivity index (χ1v) is 9.38. The molecule has 140 valence electrons. The average molecular weight is 357 g/mol. The number of likely N-dealkylation sites (tertiary alicyclic amines) is 1. The molecule has 0 amide bonds. The van der Waals surface area contributed by atoms with E-state index in [2.05, 4.69) is 37.0 Å². The molecule has 0 unspecified atom stereocenters. The van der Waals surface area contributed by atoms with Crippen LogP contribution in [0.2, 0.25) is 0 Å². The van der Waals surface area contributed by atoms with Crippen LogP contribution in [0.3, 0.4) is 0 Å². The fourth-order valence-electron chi connectivity index (χ4n) is 3.42. The second kappa shape index (κ2) is 7.19. The molecular weight excluding hydrogens is 330 g/mol. The molecule has 1 saturated heterocycles. The van der Waals surface area contributed by atoms with Crippen molar-refractivity contribution < 1.29 is 4.42 Å². The molecule has 2 aromatic rings. The summed E-state index contributed by atoms with van der Waals surface area (Å²) in [5.74, 6) is 3.83. The lowest BCUT2D eigenvalue weighted by Crippen LogP contribution is -2.43. The Morgan fingerprint density at radius 3 is 2.58 bits per heavy atom. The molecule has 0 atom stereocenters. The number of anilines is 2. The minimum atomic E-state index is 0.487. The normalized spacial score (nSPS) is 18.9. The quantitative estimate of drug-likeness (QED) is 0.776. The van der Waals surface area contributed by atoms with Crippen molar-refractivity contribution in [3.63, 3.8) is 0 Å². The van der Waals surface area contributed by atoms with Gasteiger partial charge in [0.15, 0.2) is 0 Å². The van der Waals surface area contributed by atoms with Crippen LogP contribution in [-0.2, 0) is 6.54 Å². The fraction of sp³-hybridized carbons (Fsp3) is 0.667. The van der Waals surface area contributed by atoms with Crippen molar-refractivity contribution in [3.8, 4) is 0 Å². The van der Waals surface area contributed by atoms with Crippen LogP contribution in [0.1, 0.15) is 43.4 Å². The third-order valence-electron chi connectivity index (χ3n) is 5.26. The van der Waals surface area contributed by atoms with Crippen LogP contribution in [0.4, 0.5) is 11.8 Å². The maximum absolute atomic E-state index is 5.79. The van der Waals surface area contributed by atoms with E-state index in [-0.39, 0.29) is 0 Å². The number of hydrogen-bond acceptors (Lipinski definition) is 8. The molecule has 8 nitrogen and oxygen atoms in total. The van der Waals surface area contributed by atoms with Crippen LogP contribution in [0, 0.1) is 0 Å². The highest BCUT2D eigenvalue weighted by Gasteiger charge is 2.30. The predicted octanol–water partition coefficient (Wildman–Crippen LogP) is 1.90. The van der Waals surface area contributed by atoms with Crippen molar-refractivity contribution >= 4 is 11.8 Å². The highest BCUT2D eigenvalue weighted by Crippen LogP contribution is 2.39. The third kappa shape index (κ3) is 3.80. The van der Waals surface area contributed by atoms with Gasteiger partial charge in [-0.15, -0.1) is 10.2 Å². The lowest BCUT2D eigenvalue weighted by molar-refractivity contribution is 0.185. The van der Waals surface area contributed by atoms with E-state index in [1.165, 1.54) is 12.8 Å². The van der Waals surface area contributed by atoms with Gasteiger partial charge in [-0.2, -0.15) is 4.98 Å². The maximum Gasteiger partial charge on any atom is 0.230 e. The van der Waals surface area contributed by atoms with Gasteiger partial charge in [-0.05, 0) is 31.7 Å². The number of rotatable bonds is 6. The summed E-state index contributed by atoms with van der Waals surface area (Å²) in [7, 11) is 6.05. The summed E-state index contributed by atoms with van der Waals surface area (Å²) in [5, 5.41) is 8.39. The number of hydrogen-bond donors (Lipinski definition) is 0. The Hall–Kier alpha value is -2.22. The summed E-state index contributed by atoms with van der Waals surface area (Å²) >= 11 is 0. The van der Waals surface area contributed by atoms with Gasteiger partial charge in [0.2, 0.25) is 17.7 Å². The number of aromatic nitrogens is 4. The largest absolute Gasteiger partial charge is 0.424 e. The standard InChI is InChI=1S/C18H27N7O/c1-23(2)18-19-9-6-15(20-18)24(3)14-7-10-25(11-8-14)12-16-21-22-17(26-16)13-4-5-13/h6,9,13-14H,4-5,7-8,10-12H2,1-3H3. The molecule has 1 aliphatic heterocycles. The predicted molar refractivity (Wildman–Crippen MR) is 99.3 cm³/mol. The van der Waals surface area contributed by atoms with Crippen LogP contribution < -0.4 is 9.80 Å². The minimum absolute atomic E-state index is 0.487. The van der Waals surface area contributed by atoms with Crippen molar-refractivity contribution in [3.05, 3.63) is 24.0 Å². The molecule has 0 bridgehead atoms. The molecule has 0 spiro atoms. The first kappa shape index (κ1) is 17.2. The van der Waals surface area contributed by atoms with Crippen molar-refractivity contribution in [1.29, 1.82) is 0 Å². The van der Waals surface area contributed by atoms with Gasteiger partial charge in [-0.25, -0.2) is 4.98 Å². The van der Waals surface area contributed by atoms with E-state index in [1.807, 2.05) is 31.3 Å². The Morgan fingerprint density at radius 2 is 1.88 bits per heavy atom. The van der Waals surface area contributed by atoms with E-state index in [4.69, 9.17) is 4.42 Å². The zero-order valence-corrected chi connectivity index (χ0v) is 15.8. The van der Waals surface area contributed by atoms with Crippen molar-refractivity contribution in [2.45, 2.75) is 44.2 Å². The highest BCUT2D eigenvalue weighted by atomic mass is 16.4. The molecule has 2 aliphatic rings. The highest BCUT2D eigenvalue weighted by molar-refractivity contribution is 5.43. The summed E-state index contributed by atoms with van der Waals surface area (Å²) in [5.41, 5.74) is 0. The van der Waals surface area contributed by atoms with E-state index < -0.39 is 0 Å². The molecule has 8 heteroatoms. The summed E-state index contributed by atoms with van der Waals surface area (Å²) in [6.07, 6.45) is 6.41. The molecule has 4 rings (SSSR count). The van der Waals surface area contributed by atoms with E-state index in [9.17, 15) is 0 Å². The van der Waals surface area contributed by atoms with Crippen molar-refractivity contribution in [2.24, 2.45) is 0 Å².